The van der Waals surface area contributed by atoms with Gasteiger partial charge >= 0.3 is 17.9 Å². The molecule has 0 spiro atoms. The second kappa shape index (κ2) is 21.0. The molecule has 0 amide bonds. The lowest BCUT2D eigenvalue weighted by atomic mass is 9.33. The van der Waals surface area contributed by atoms with Gasteiger partial charge in [0.1, 0.15) is 73.8 Å². The van der Waals surface area contributed by atoms with Crippen LogP contribution in [0.25, 0.3) is 0 Å². The average Bonchev–Trinajstić information content (AvgIpc) is 3.95. The molecular weight excluding hydrogens is 1020 g/mol. The minimum absolute atomic E-state index is 0.0482. The number of rotatable bonds is 14. The third kappa shape index (κ3) is 9.25. The number of fused-ring (bicyclic) bond motifs is 7. The van der Waals surface area contributed by atoms with Gasteiger partial charge in [0.2, 0.25) is 0 Å². The number of aliphatic carboxylic acids is 1. The van der Waals surface area contributed by atoms with Gasteiger partial charge in [0.25, 0.3) is 0 Å². The molecule has 28 atom stereocenters. The minimum Gasteiger partial charge on any atom is -0.479 e. The van der Waals surface area contributed by atoms with Crippen LogP contribution in [0.15, 0.2) is 11.6 Å². The summed E-state index contributed by atoms with van der Waals surface area (Å²) >= 11 is 0. The zero-order valence-corrected chi connectivity index (χ0v) is 45.5. The van der Waals surface area contributed by atoms with Crippen molar-refractivity contribution in [2.45, 2.75) is 224 Å². The van der Waals surface area contributed by atoms with Crippen LogP contribution in [0.2, 0.25) is 0 Å². The Labute approximate surface area is 448 Å². The normalized spacial score (nSPS) is 51.7. The number of carbonyl (C=O) groups excluding carboxylic acids is 2. The summed E-state index contributed by atoms with van der Waals surface area (Å²) in [4.78, 5) is 38.4. The number of allylic oxidation sites excluding steroid dienone is 2. The van der Waals surface area contributed by atoms with Crippen LogP contribution in [0.4, 0.5) is 0 Å². The monoisotopic (exact) mass is 1100 g/mol. The Morgan fingerprint density at radius 3 is 2.08 bits per heavy atom. The lowest BCUT2D eigenvalue weighted by molar-refractivity contribution is -0.387. The highest BCUT2D eigenvalue weighted by atomic mass is 16.8. The molecule has 9 aliphatic rings. The first-order valence-corrected chi connectivity index (χ1v) is 27.4. The van der Waals surface area contributed by atoms with Gasteiger partial charge < -0.3 is 98.8 Å². The van der Waals surface area contributed by atoms with Gasteiger partial charge in [-0.3, -0.25) is 9.59 Å². The van der Waals surface area contributed by atoms with E-state index in [1.807, 2.05) is 6.92 Å². The molecule has 0 radical (unpaired) electrons. The number of hydrogen-bond donors (Lipinski definition) is 11. The minimum atomic E-state index is -2.09. The number of carboxylic acid groups (broad SMARTS) is 1. The predicted molar refractivity (Wildman–Crippen MR) is 261 cm³/mol. The fourth-order valence-corrected chi connectivity index (χ4v) is 16.5. The second-order valence-electron chi connectivity index (χ2n) is 25.8. The first-order chi connectivity index (χ1) is 36.0. The van der Waals surface area contributed by atoms with E-state index >= 15 is 0 Å². The van der Waals surface area contributed by atoms with Crippen molar-refractivity contribution in [1.29, 1.82) is 0 Å². The summed E-state index contributed by atoms with van der Waals surface area (Å²) < 4.78 is 54.3. The number of esters is 2. The van der Waals surface area contributed by atoms with Crippen molar-refractivity contribution in [1.82, 2.24) is 0 Å². The van der Waals surface area contributed by atoms with Gasteiger partial charge in [-0.2, -0.15) is 0 Å². The first-order valence-electron chi connectivity index (χ1n) is 27.4. The van der Waals surface area contributed by atoms with Crippen molar-refractivity contribution in [3.63, 3.8) is 0 Å². The number of carboxylic acids is 1. The molecule has 438 valence electrons. The molecule has 0 aromatic carbocycles. The van der Waals surface area contributed by atoms with Crippen LogP contribution < -0.4 is 0 Å². The van der Waals surface area contributed by atoms with Gasteiger partial charge in [-0.15, -0.1) is 0 Å². The molecule has 4 saturated heterocycles. The zero-order chi connectivity index (χ0) is 56.4. The molecule has 23 nitrogen and oxygen atoms in total. The zero-order valence-electron chi connectivity index (χ0n) is 45.5. The van der Waals surface area contributed by atoms with E-state index in [0.29, 0.717) is 44.9 Å². The highest BCUT2D eigenvalue weighted by molar-refractivity contribution is 5.74. The fourth-order valence-electron chi connectivity index (χ4n) is 16.5. The highest BCUT2D eigenvalue weighted by Crippen LogP contribution is 2.77. The van der Waals surface area contributed by atoms with Crippen molar-refractivity contribution >= 4 is 17.9 Å². The van der Waals surface area contributed by atoms with Crippen molar-refractivity contribution in [2.24, 2.45) is 56.2 Å². The largest absolute Gasteiger partial charge is 0.479 e. The van der Waals surface area contributed by atoms with E-state index in [4.69, 9.17) is 42.6 Å². The summed E-state index contributed by atoms with van der Waals surface area (Å²) in [5.41, 5.74) is -2.40. The molecule has 4 aliphatic heterocycles. The number of carbonyl (C=O) groups is 3. The summed E-state index contributed by atoms with van der Waals surface area (Å²) in [7, 11) is 0. The third-order valence-corrected chi connectivity index (χ3v) is 21.3. The number of ether oxygens (including phenoxy) is 9. The number of hydrogen-bond acceptors (Lipinski definition) is 22. The third-order valence-electron chi connectivity index (χ3n) is 21.3. The van der Waals surface area contributed by atoms with Crippen molar-refractivity contribution in [3.8, 4) is 0 Å². The van der Waals surface area contributed by atoms with Crippen LogP contribution in [0.1, 0.15) is 107 Å². The van der Waals surface area contributed by atoms with Crippen LogP contribution in [-0.2, 0) is 57.0 Å². The summed E-state index contributed by atoms with van der Waals surface area (Å²) in [6, 6.07) is 0. The number of aliphatic hydroxyl groups is 10. The van der Waals surface area contributed by atoms with Gasteiger partial charge in [0.15, 0.2) is 25.0 Å². The van der Waals surface area contributed by atoms with E-state index in [1.165, 1.54) is 12.5 Å². The van der Waals surface area contributed by atoms with Gasteiger partial charge in [-0.25, -0.2) is 4.79 Å². The SMILES string of the molecule is CC(=O)OC(C)C(C)C(=O)OC[C@@]12[C@H]3C[C@]4(C)C(=CC[C@@H]5[C@@]6(C)CC[C@H](O[C@@H]7O[C@H](C(=O)O)[C@@H](O[C@H]8O[C@H](CO)[C@@H](O)[C@H](O)[C@H]8O)[C@H](O)[C@H]7O[C@@H]7OC[C@@H](O)[C@H](O)[C@H]7O)[C@](C)(CO)[C@@H]6CC[C@]54C)[C@@H]1CC(C)(C)[C@H](O3)[C@@H]2O. The van der Waals surface area contributed by atoms with E-state index < -0.39 is 181 Å². The molecule has 11 N–H and O–H groups in total. The van der Waals surface area contributed by atoms with Gasteiger partial charge in [-0.1, -0.05) is 53.2 Å². The Hall–Kier alpha value is -2.53. The molecule has 0 aromatic rings. The molecule has 4 heterocycles. The van der Waals surface area contributed by atoms with Gasteiger partial charge in [-0.05, 0) is 98.2 Å². The Balaban J connectivity index is 0.998. The Morgan fingerprint density at radius 2 is 1.43 bits per heavy atom. The molecule has 5 aliphatic carbocycles. The van der Waals surface area contributed by atoms with Crippen LogP contribution >= 0.6 is 0 Å². The lowest BCUT2D eigenvalue weighted by Gasteiger charge is -2.71. The van der Waals surface area contributed by atoms with E-state index in [-0.39, 0.29) is 36.4 Å². The molecule has 4 saturated carbocycles. The Morgan fingerprint density at radius 1 is 0.753 bits per heavy atom. The standard InChI is InChI=1S/C54H84O23/c1-22(23(2)71-24(3)57)45(68)70-21-54-26-16-49(4,5)43(42(54)65)73-32(54)17-53(9)25(26)10-11-30-50(6)14-13-31(51(7,20-56)29(50)12-15-52(30,53)8)74-48-40(76-46-36(62)33(59)27(58)19-69-46)38(64)39(41(77-48)44(66)67)75-47-37(63)35(61)34(60)28(18-55)72-47/h10,22-23,26-43,46-48,55-56,58-65H,11-21H2,1-9H3,(H,66,67)/t22?,23?,26-,27+,28+,29+,30+,31-,32+,33-,34+,35-,36+,37+,38-,39-,40+,41-,42-,43+,46-,47+,48+,50-,51+,52+,53+,54-/m0/s1. The summed E-state index contributed by atoms with van der Waals surface area (Å²) in [5, 5.41) is 120. The van der Waals surface area contributed by atoms with Crippen LogP contribution in [0.3, 0.4) is 0 Å². The van der Waals surface area contributed by atoms with E-state index in [1.54, 1.807) is 13.8 Å². The Bertz CT molecular complexity index is 2230. The summed E-state index contributed by atoms with van der Waals surface area (Å²) in [6.45, 7) is 15.8. The molecule has 77 heavy (non-hydrogen) atoms. The lowest BCUT2D eigenvalue weighted by Crippen LogP contribution is -2.69. The maximum Gasteiger partial charge on any atom is 0.335 e. The average molecular weight is 1100 g/mol. The van der Waals surface area contributed by atoms with Crippen molar-refractivity contribution in [3.05, 3.63) is 11.6 Å². The molecule has 2 unspecified atom stereocenters. The van der Waals surface area contributed by atoms with Gasteiger partial charge in [0, 0.05) is 12.3 Å². The molecular formula is C54H84O23. The van der Waals surface area contributed by atoms with Crippen LogP contribution in [0.5, 0.6) is 0 Å². The molecule has 2 bridgehead atoms. The fraction of sp³-hybridized carbons (Fsp3) is 0.907. The van der Waals surface area contributed by atoms with Crippen LogP contribution in [-0.4, -0.2) is 217 Å². The Kier molecular flexibility index (Phi) is 16.1. The van der Waals surface area contributed by atoms with Crippen molar-refractivity contribution in [2.75, 3.05) is 26.4 Å². The predicted octanol–water partition coefficient (Wildman–Crippen LogP) is -0.586. The first kappa shape index (κ1) is 59.1. The summed E-state index contributed by atoms with van der Waals surface area (Å²) in [5.74, 6) is -3.82. The molecule has 0 aromatic heterocycles. The quantitative estimate of drug-likeness (QED) is 0.0588. The maximum atomic E-state index is 13.6. The maximum absolute atomic E-state index is 13.6. The van der Waals surface area contributed by atoms with E-state index in [0.717, 1.165) is 0 Å². The van der Waals surface area contributed by atoms with Gasteiger partial charge in [0.05, 0.1) is 55.6 Å². The highest BCUT2D eigenvalue weighted by Gasteiger charge is 2.76. The van der Waals surface area contributed by atoms with E-state index in [9.17, 15) is 70.6 Å². The molecule has 23 heteroatoms. The number of aliphatic hydroxyl groups excluding tert-OH is 10. The smallest absolute Gasteiger partial charge is 0.335 e. The summed E-state index contributed by atoms with van der Waals surface area (Å²) in [6.07, 6.45) is -22.8. The molecule has 8 fully saturated rings. The topological polar surface area (TPSA) is 357 Å². The van der Waals surface area contributed by atoms with Crippen molar-refractivity contribution < 1.29 is 113 Å². The molecule has 9 rings (SSSR count). The second-order valence-corrected chi connectivity index (χ2v) is 25.8. The van der Waals surface area contributed by atoms with Crippen LogP contribution in [0, 0.1) is 56.2 Å². The van der Waals surface area contributed by atoms with E-state index in [2.05, 4.69) is 40.7 Å².